The smallest absolute Gasteiger partial charge is 0.247 e. The molecule has 1 aromatic carbocycles. The maximum Gasteiger partial charge on any atom is 0.247 e. The van der Waals surface area contributed by atoms with E-state index in [1.54, 1.807) is 7.11 Å². The van der Waals surface area contributed by atoms with Crippen LogP contribution in [0, 0.1) is 0 Å². The Kier molecular flexibility index (Phi) is 9.31. The van der Waals surface area contributed by atoms with Crippen LogP contribution in [0.15, 0.2) is 37.1 Å². The largest absolute Gasteiger partial charge is 0.468 e. The molecular weight excluding hydrogens is 574 g/mol. The van der Waals surface area contributed by atoms with Crippen molar-refractivity contribution in [3.63, 3.8) is 0 Å². The summed E-state index contributed by atoms with van der Waals surface area (Å²) in [6.45, 7) is 10.8. The minimum Gasteiger partial charge on any atom is -0.468 e. The first-order valence-electron chi connectivity index (χ1n) is 14.9. The molecule has 4 atom stereocenters. The summed E-state index contributed by atoms with van der Waals surface area (Å²) in [5.74, 6) is 0.266. The van der Waals surface area contributed by atoms with Crippen molar-refractivity contribution in [1.82, 2.24) is 19.8 Å². The van der Waals surface area contributed by atoms with Crippen LogP contribution >= 0.6 is 11.6 Å². The monoisotopic (exact) mass is 613 g/mol. The summed E-state index contributed by atoms with van der Waals surface area (Å²) in [6, 6.07) is 6.45. The van der Waals surface area contributed by atoms with Crippen LogP contribution in [-0.4, -0.2) is 123 Å². The molecule has 4 fully saturated rings. The number of methoxy groups -OCH3 is 1. The van der Waals surface area contributed by atoms with Crippen LogP contribution in [0.25, 0.3) is 0 Å². The van der Waals surface area contributed by atoms with Crippen LogP contribution < -0.4 is 20.3 Å². The van der Waals surface area contributed by atoms with Crippen LogP contribution in [0.3, 0.4) is 0 Å². The molecule has 12 nitrogen and oxygen atoms in total. The van der Waals surface area contributed by atoms with Crippen molar-refractivity contribution in [2.45, 2.75) is 43.3 Å². The Labute approximate surface area is 257 Å². The fourth-order valence-corrected chi connectivity index (χ4v) is 6.47. The number of amides is 1. The lowest BCUT2D eigenvalue weighted by atomic mass is 10.0. The zero-order chi connectivity index (χ0) is 29.9. The second-order valence-electron chi connectivity index (χ2n) is 11.5. The molecule has 0 aliphatic carbocycles. The van der Waals surface area contributed by atoms with Crippen molar-refractivity contribution < 1.29 is 23.7 Å². The maximum atomic E-state index is 12.4. The number of carbonyl (C=O) groups excluding carboxylic acids is 1. The molecular formula is C30H40ClN7O5. The number of halogens is 1. The van der Waals surface area contributed by atoms with Gasteiger partial charge in [0.25, 0.3) is 0 Å². The lowest BCUT2D eigenvalue weighted by Crippen LogP contribution is -2.52. The third-order valence-corrected chi connectivity index (χ3v) is 9.05. The Balaban J connectivity index is 1.14. The number of aromatic nitrogens is 2. The fraction of sp³-hybridized carbons (Fsp3) is 0.567. The van der Waals surface area contributed by atoms with Crippen molar-refractivity contribution in [3.05, 3.63) is 42.1 Å². The second kappa shape index (κ2) is 13.3. The Hall–Kier alpha value is -3.00. The normalized spacial score (nSPS) is 26.7. The molecule has 1 amide bonds. The van der Waals surface area contributed by atoms with Gasteiger partial charge in [0.1, 0.15) is 23.3 Å². The molecule has 0 bridgehead atoms. The van der Waals surface area contributed by atoms with Crippen molar-refractivity contribution in [2.75, 3.05) is 82.2 Å². The molecule has 0 radical (unpaired) electrons. The summed E-state index contributed by atoms with van der Waals surface area (Å²) in [7, 11) is 3.83. The molecule has 4 aliphatic rings. The molecule has 0 unspecified atom stereocenters. The topological polar surface area (TPSA) is 114 Å². The van der Waals surface area contributed by atoms with Gasteiger partial charge in [-0.05, 0) is 44.2 Å². The van der Waals surface area contributed by atoms with Crippen molar-refractivity contribution in [3.8, 4) is 5.88 Å². The van der Waals surface area contributed by atoms with E-state index < -0.39 is 0 Å². The summed E-state index contributed by atoms with van der Waals surface area (Å²) >= 11 is 6.40. The van der Waals surface area contributed by atoms with E-state index >= 15 is 0 Å². The number of ether oxygens (including phenoxy) is 4. The number of hydrogen-bond acceptors (Lipinski definition) is 11. The lowest BCUT2D eigenvalue weighted by molar-refractivity contribution is -0.111. The lowest BCUT2D eigenvalue weighted by Gasteiger charge is -2.43. The molecule has 0 saturated carbocycles. The van der Waals surface area contributed by atoms with Gasteiger partial charge in [0.2, 0.25) is 17.7 Å². The highest BCUT2D eigenvalue weighted by atomic mass is 35.5. The van der Waals surface area contributed by atoms with Gasteiger partial charge in [-0.25, -0.2) is 4.98 Å². The zero-order valence-corrected chi connectivity index (χ0v) is 25.5. The highest BCUT2D eigenvalue weighted by Gasteiger charge is 2.49. The second-order valence-corrected chi connectivity index (χ2v) is 11.9. The summed E-state index contributed by atoms with van der Waals surface area (Å²) in [6.07, 6.45) is 4.00. The molecule has 43 heavy (non-hydrogen) atoms. The quantitative estimate of drug-likeness (QED) is 0.407. The summed E-state index contributed by atoms with van der Waals surface area (Å²) in [5, 5.41) is 6.49. The molecule has 5 heterocycles. The predicted molar refractivity (Wildman–Crippen MR) is 165 cm³/mol. The molecule has 2 aromatic rings. The molecule has 0 spiro atoms. The number of nitrogens with one attached hydrogen (secondary N) is 2. The van der Waals surface area contributed by atoms with E-state index in [-0.39, 0.29) is 41.2 Å². The number of rotatable bonds is 9. The molecule has 6 rings (SSSR count). The number of hydrogen-bond donors (Lipinski definition) is 2. The summed E-state index contributed by atoms with van der Waals surface area (Å²) < 4.78 is 23.3. The van der Waals surface area contributed by atoms with Crippen molar-refractivity contribution in [1.29, 1.82) is 0 Å². The molecule has 13 heteroatoms. The molecule has 4 aliphatic heterocycles. The summed E-state index contributed by atoms with van der Waals surface area (Å²) in [5.41, 5.74) is 2.37. The number of carbonyl (C=O) groups is 1. The predicted octanol–water partition coefficient (Wildman–Crippen LogP) is 2.77. The van der Waals surface area contributed by atoms with E-state index in [1.165, 1.54) is 12.3 Å². The van der Waals surface area contributed by atoms with Crippen LogP contribution in [-0.2, 0) is 19.0 Å². The van der Waals surface area contributed by atoms with Gasteiger partial charge in [-0.1, -0.05) is 18.2 Å². The fourth-order valence-electron chi connectivity index (χ4n) is 6.33. The minimum absolute atomic E-state index is 0.126. The van der Waals surface area contributed by atoms with Gasteiger partial charge >= 0.3 is 0 Å². The highest BCUT2D eigenvalue weighted by Crippen LogP contribution is 2.35. The van der Waals surface area contributed by atoms with E-state index in [0.717, 1.165) is 57.8 Å². The van der Waals surface area contributed by atoms with E-state index in [1.807, 2.05) is 18.2 Å². The number of likely N-dealkylation sites (N-methyl/N-ethyl adjacent to an activating group) is 1. The number of anilines is 4. The zero-order valence-electron chi connectivity index (χ0n) is 24.7. The SMILES string of the molecule is C=CC(=O)Nc1cc(Nc2ncc(Cl)c(O[C@@H]3CO[C@H]4[C@@H]3OC[C@H]4OC)n2)ccc1N1CCC(N2CCN(C)CC2)CC1. The van der Waals surface area contributed by atoms with Crippen LogP contribution in [0.5, 0.6) is 5.88 Å². The van der Waals surface area contributed by atoms with Gasteiger partial charge in [0.05, 0.1) is 30.8 Å². The Morgan fingerprint density at radius 2 is 1.81 bits per heavy atom. The van der Waals surface area contributed by atoms with Crippen LogP contribution in [0.4, 0.5) is 23.0 Å². The third kappa shape index (κ3) is 6.74. The maximum absolute atomic E-state index is 12.4. The highest BCUT2D eigenvalue weighted by molar-refractivity contribution is 6.31. The van der Waals surface area contributed by atoms with Gasteiger partial charge < -0.3 is 39.4 Å². The van der Waals surface area contributed by atoms with Crippen molar-refractivity contribution >= 4 is 40.5 Å². The van der Waals surface area contributed by atoms with Gasteiger partial charge in [-0.15, -0.1) is 0 Å². The first-order chi connectivity index (χ1) is 20.9. The molecule has 2 N–H and O–H groups in total. The number of nitrogens with zero attached hydrogens (tertiary/aromatic N) is 5. The molecule has 232 valence electrons. The van der Waals surface area contributed by atoms with Crippen molar-refractivity contribution in [2.24, 2.45) is 0 Å². The number of fused-ring (bicyclic) bond motifs is 1. The van der Waals surface area contributed by atoms with Crippen LogP contribution in [0.1, 0.15) is 12.8 Å². The van der Waals surface area contributed by atoms with Gasteiger partial charge in [-0.2, -0.15) is 4.98 Å². The number of piperazine rings is 1. The van der Waals surface area contributed by atoms with E-state index in [2.05, 4.69) is 48.9 Å². The van der Waals surface area contributed by atoms with E-state index in [9.17, 15) is 4.79 Å². The Bertz CT molecular complexity index is 1300. The first-order valence-corrected chi connectivity index (χ1v) is 15.3. The van der Waals surface area contributed by atoms with E-state index in [0.29, 0.717) is 36.6 Å². The average Bonchev–Trinajstić information content (AvgIpc) is 3.62. The molecule has 1 aromatic heterocycles. The number of piperidine rings is 1. The average molecular weight is 614 g/mol. The van der Waals surface area contributed by atoms with Gasteiger partial charge in [-0.3, -0.25) is 9.69 Å². The minimum atomic E-state index is -0.370. The van der Waals surface area contributed by atoms with E-state index in [4.69, 9.17) is 30.5 Å². The summed E-state index contributed by atoms with van der Waals surface area (Å²) in [4.78, 5) is 28.6. The standard InChI is InChI=1S/C30H40ClN7O5/c1-4-26(39)34-22-15-19(5-6-23(22)38-9-7-20(8-10-38)37-13-11-36(2)12-14-37)33-30-32-16-21(31)29(35-30)43-25-18-42-27-24(40-3)17-41-28(25)27/h4-6,15-16,20,24-25,27-28H,1,7-14,17-18H2,2-3H3,(H,34,39)(H,32,33,35)/t24-,25-,27-,28-/m1/s1. The first kappa shape index (κ1) is 30.0. The van der Waals surface area contributed by atoms with Crippen LogP contribution in [0.2, 0.25) is 5.02 Å². The molecule has 4 saturated heterocycles. The Morgan fingerprint density at radius 1 is 1.09 bits per heavy atom. The number of benzene rings is 1. The Morgan fingerprint density at radius 3 is 2.53 bits per heavy atom. The van der Waals surface area contributed by atoms with Gasteiger partial charge in [0, 0.05) is 58.1 Å². The third-order valence-electron chi connectivity index (χ3n) is 8.80. The van der Waals surface area contributed by atoms with Gasteiger partial charge in [0.15, 0.2) is 6.10 Å².